The lowest BCUT2D eigenvalue weighted by Gasteiger charge is -2.24. The molecule has 0 spiro atoms. The Morgan fingerprint density at radius 2 is 2.17 bits per heavy atom. The average Bonchev–Trinajstić information content (AvgIpc) is 3.12. The minimum Gasteiger partial charge on any atom is -0.481 e. The third-order valence-corrected chi connectivity index (χ3v) is 4.44. The van der Waals surface area contributed by atoms with Gasteiger partial charge >= 0.3 is 6.09 Å². The fraction of sp³-hybridized carbons (Fsp3) is 0.562. The van der Waals surface area contributed by atoms with Gasteiger partial charge in [0.15, 0.2) is 5.65 Å². The van der Waals surface area contributed by atoms with Crippen LogP contribution in [0, 0.1) is 0 Å². The highest BCUT2D eigenvalue weighted by Gasteiger charge is 2.32. The predicted molar refractivity (Wildman–Crippen MR) is 92.4 cm³/mol. The first kappa shape index (κ1) is 17.0. The summed E-state index contributed by atoms with van der Waals surface area (Å²) in [4.78, 5) is 18.6. The van der Waals surface area contributed by atoms with Crippen LogP contribution in [0.1, 0.15) is 38.8 Å². The highest BCUT2D eigenvalue weighted by atomic mass is 79.9. The van der Waals surface area contributed by atoms with Gasteiger partial charge in [-0.25, -0.2) is 9.78 Å². The SMILES string of the molecule is COc1cc(C2CCN(C(=O)OC(C)(C)C)C2)nc2c(Br)cnn12. The number of nitrogens with zero attached hydrogens (tertiary/aromatic N) is 4. The second-order valence-corrected chi connectivity index (χ2v) is 7.72. The van der Waals surface area contributed by atoms with E-state index in [2.05, 4.69) is 26.0 Å². The van der Waals surface area contributed by atoms with Gasteiger partial charge in [-0.2, -0.15) is 9.61 Å². The number of halogens is 1. The Morgan fingerprint density at radius 1 is 1.42 bits per heavy atom. The van der Waals surface area contributed by atoms with E-state index in [1.807, 2.05) is 26.8 Å². The topological polar surface area (TPSA) is 69.0 Å². The summed E-state index contributed by atoms with van der Waals surface area (Å²) in [5.74, 6) is 0.773. The summed E-state index contributed by atoms with van der Waals surface area (Å²) in [7, 11) is 1.61. The number of hydrogen-bond donors (Lipinski definition) is 0. The predicted octanol–water partition coefficient (Wildman–Crippen LogP) is 3.22. The number of hydrogen-bond acceptors (Lipinski definition) is 5. The molecule has 7 nitrogen and oxygen atoms in total. The molecule has 1 atom stereocenters. The van der Waals surface area contributed by atoms with Crippen molar-refractivity contribution in [2.75, 3.05) is 20.2 Å². The molecule has 0 bridgehead atoms. The van der Waals surface area contributed by atoms with Crippen molar-refractivity contribution < 1.29 is 14.3 Å². The molecule has 2 aromatic heterocycles. The first-order valence-corrected chi connectivity index (χ1v) is 8.64. The van der Waals surface area contributed by atoms with Crippen LogP contribution in [0.4, 0.5) is 4.79 Å². The van der Waals surface area contributed by atoms with Crippen molar-refractivity contribution in [2.45, 2.75) is 38.7 Å². The van der Waals surface area contributed by atoms with Crippen LogP contribution in [0.25, 0.3) is 5.65 Å². The standard InChI is InChI=1S/C16H21BrN4O3/c1-16(2,3)24-15(22)20-6-5-10(9-20)12-7-13(23-4)21-14(19-12)11(17)8-18-21/h7-8,10H,5-6,9H2,1-4H3. The number of aromatic nitrogens is 3. The Hall–Kier alpha value is -1.83. The second-order valence-electron chi connectivity index (χ2n) is 6.86. The smallest absolute Gasteiger partial charge is 0.410 e. The Morgan fingerprint density at radius 3 is 2.83 bits per heavy atom. The molecule has 0 radical (unpaired) electrons. The zero-order valence-electron chi connectivity index (χ0n) is 14.2. The zero-order valence-corrected chi connectivity index (χ0v) is 15.8. The number of fused-ring (bicyclic) bond motifs is 1. The van der Waals surface area contributed by atoms with Crippen LogP contribution >= 0.6 is 15.9 Å². The highest BCUT2D eigenvalue weighted by molar-refractivity contribution is 9.10. The normalized spacial score (nSPS) is 18.2. The molecule has 0 N–H and O–H groups in total. The summed E-state index contributed by atoms with van der Waals surface area (Å²) in [6.07, 6.45) is 2.26. The number of methoxy groups -OCH3 is 1. The maximum absolute atomic E-state index is 12.2. The third kappa shape index (κ3) is 3.33. The average molecular weight is 397 g/mol. The fourth-order valence-electron chi connectivity index (χ4n) is 2.77. The molecule has 1 aliphatic rings. The van der Waals surface area contributed by atoms with Crippen LogP contribution in [0.2, 0.25) is 0 Å². The molecule has 2 aromatic rings. The lowest BCUT2D eigenvalue weighted by molar-refractivity contribution is 0.0292. The van der Waals surface area contributed by atoms with Crippen LogP contribution in [0.5, 0.6) is 5.88 Å². The van der Waals surface area contributed by atoms with E-state index in [0.29, 0.717) is 24.6 Å². The van der Waals surface area contributed by atoms with Crippen molar-refractivity contribution in [3.8, 4) is 5.88 Å². The summed E-state index contributed by atoms with van der Waals surface area (Å²) in [5, 5.41) is 4.24. The molecular weight excluding hydrogens is 376 g/mol. The van der Waals surface area contributed by atoms with Crippen molar-refractivity contribution >= 4 is 27.7 Å². The van der Waals surface area contributed by atoms with Gasteiger partial charge in [-0.1, -0.05) is 0 Å². The molecule has 1 amide bonds. The third-order valence-electron chi connectivity index (χ3n) is 3.88. The molecule has 24 heavy (non-hydrogen) atoms. The molecule has 3 heterocycles. The van der Waals surface area contributed by atoms with E-state index in [4.69, 9.17) is 9.47 Å². The molecule has 3 rings (SSSR count). The summed E-state index contributed by atoms with van der Waals surface area (Å²) in [5.41, 5.74) is 1.12. The first-order chi connectivity index (χ1) is 11.3. The molecule has 1 aliphatic heterocycles. The highest BCUT2D eigenvalue weighted by Crippen LogP contribution is 2.31. The summed E-state index contributed by atoms with van der Waals surface area (Å²) in [6.45, 7) is 6.87. The van der Waals surface area contributed by atoms with Gasteiger partial charge in [-0.05, 0) is 43.1 Å². The van der Waals surface area contributed by atoms with E-state index in [1.165, 1.54) is 0 Å². The number of carbonyl (C=O) groups excluding carboxylic acids is 1. The van der Waals surface area contributed by atoms with Gasteiger partial charge in [0.1, 0.15) is 5.60 Å². The second kappa shape index (κ2) is 6.23. The molecule has 1 unspecified atom stereocenters. The van der Waals surface area contributed by atoms with Crippen molar-refractivity contribution in [3.63, 3.8) is 0 Å². The molecule has 1 saturated heterocycles. The number of carbonyl (C=O) groups is 1. The van der Waals surface area contributed by atoms with Crippen LogP contribution < -0.4 is 4.74 Å². The molecule has 8 heteroatoms. The monoisotopic (exact) mass is 396 g/mol. The molecular formula is C16H21BrN4O3. The van der Waals surface area contributed by atoms with Gasteiger partial charge in [0.2, 0.25) is 5.88 Å². The quantitative estimate of drug-likeness (QED) is 0.779. The molecule has 130 valence electrons. The number of ether oxygens (including phenoxy) is 2. The number of likely N-dealkylation sites (tertiary alicyclic amines) is 1. The summed E-state index contributed by atoms with van der Waals surface area (Å²) in [6, 6.07) is 1.88. The van der Waals surface area contributed by atoms with Gasteiger partial charge in [-0.3, -0.25) is 0 Å². The Labute approximate surface area is 149 Å². The Balaban J connectivity index is 1.82. The zero-order chi connectivity index (χ0) is 17.5. The van der Waals surface area contributed by atoms with Crippen molar-refractivity contribution in [1.29, 1.82) is 0 Å². The van der Waals surface area contributed by atoms with Gasteiger partial charge in [0.25, 0.3) is 0 Å². The lowest BCUT2D eigenvalue weighted by Crippen LogP contribution is -2.35. The van der Waals surface area contributed by atoms with Crippen LogP contribution in [0.15, 0.2) is 16.7 Å². The molecule has 0 aliphatic carbocycles. The van der Waals surface area contributed by atoms with Gasteiger partial charge < -0.3 is 14.4 Å². The van der Waals surface area contributed by atoms with E-state index in [0.717, 1.165) is 16.6 Å². The van der Waals surface area contributed by atoms with E-state index in [-0.39, 0.29) is 12.0 Å². The van der Waals surface area contributed by atoms with E-state index < -0.39 is 5.60 Å². The van der Waals surface area contributed by atoms with E-state index in [9.17, 15) is 4.79 Å². The Kier molecular flexibility index (Phi) is 4.42. The number of amides is 1. The van der Waals surface area contributed by atoms with Crippen molar-refractivity contribution in [3.05, 3.63) is 22.4 Å². The molecule has 0 aromatic carbocycles. The first-order valence-electron chi connectivity index (χ1n) is 7.84. The van der Waals surface area contributed by atoms with Crippen molar-refractivity contribution in [2.24, 2.45) is 0 Å². The van der Waals surface area contributed by atoms with Gasteiger partial charge in [0, 0.05) is 25.1 Å². The largest absolute Gasteiger partial charge is 0.481 e. The minimum absolute atomic E-state index is 0.151. The van der Waals surface area contributed by atoms with Gasteiger partial charge in [0.05, 0.1) is 23.5 Å². The van der Waals surface area contributed by atoms with Crippen LogP contribution in [-0.2, 0) is 4.74 Å². The maximum atomic E-state index is 12.2. The van der Waals surface area contributed by atoms with Crippen molar-refractivity contribution in [1.82, 2.24) is 19.5 Å². The summed E-state index contributed by atoms with van der Waals surface area (Å²) >= 11 is 3.46. The lowest BCUT2D eigenvalue weighted by atomic mass is 10.0. The fourth-order valence-corrected chi connectivity index (χ4v) is 3.12. The molecule has 1 fully saturated rings. The van der Waals surface area contributed by atoms with E-state index >= 15 is 0 Å². The van der Waals surface area contributed by atoms with E-state index in [1.54, 1.807) is 22.7 Å². The van der Waals surface area contributed by atoms with Crippen LogP contribution in [-0.4, -0.2) is 51.4 Å². The Bertz CT molecular complexity index is 769. The number of rotatable bonds is 2. The minimum atomic E-state index is -0.488. The maximum Gasteiger partial charge on any atom is 0.410 e. The summed E-state index contributed by atoms with van der Waals surface area (Å²) < 4.78 is 13.3. The van der Waals surface area contributed by atoms with Crippen LogP contribution in [0.3, 0.4) is 0 Å². The van der Waals surface area contributed by atoms with Gasteiger partial charge in [-0.15, -0.1) is 0 Å². The molecule has 0 saturated carbocycles.